The average Bonchev–Trinajstić information content (AvgIpc) is 2.90. The van der Waals surface area contributed by atoms with Crippen LogP contribution in [0.2, 0.25) is 0 Å². The Morgan fingerprint density at radius 1 is 1.18 bits per heavy atom. The summed E-state index contributed by atoms with van der Waals surface area (Å²) < 4.78 is 92.2. The van der Waals surface area contributed by atoms with Crippen LogP contribution in [0.1, 0.15) is 12.8 Å². The molecular weight excluding hydrogens is 355 g/mol. The van der Waals surface area contributed by atoms with Gasteiger partial charge in [0, 0.05) is 5.92 Å². The van der Waals surface area contributed by atoms with Crippen LogP contribution in [-0.2, 0) is 34.0 Å². The van der Waals surface area contributed by atoms with E-state index in [9.17, 15) is 34.8 Å². The third-order valence-electron chi connectivity index (χ3n) is 4.13. The van der Waals surface area contributed by atoms with Gasteiger partial charge in [-0.2, -0.15) is 13.2 Å². The first kappa shape index (κ1) is 16.0. The van der Waals surface area contributed by atoms with E-state index in [0.717, 1.165) is 0 Å². The molecule has 0 aromatic heterocycles. The van der Waals surface area contributed by atoms with Crippen LogP contribution >= 0.6 is 0 Å². The van der Waals surface area contributed by atoms with Crippen molar-refractivity contribution in [1.82, 2.24) is 0 Å². The SMILES string of the molecule is O=C1OC2C3CC(CC13)C2OS(=O)(=O)[N-]S(=O)(=O)C(F)(F)F. The van der Waals surface area contributed by atoms with Crippen LogP contribution < -0.4 is 0 Å². The number of fused-ring (bicyclic) bond motifs is 1. The normalized spacial score (nSPS) is 37.6. The first-order chi connectivity index (χ1) is 9.91. The Morgan fingerprint density at radius 3 is 2.41 bits per heavy atom. The highest BCUT2D eigenvalue weighted by molar-refractivity contribution is 8.10. The number of nitrogens with zero attached hydrogens (tertiary/aromatic N) is 1. The van der Waals surface area contributed by atoms with Crippen LogP contribution in [0.25, 0.3) is 4.13 Å². The summed E-state index contributed by atoms with van der Waals surface area (Å²) in [6, 6.07) is 0. The third-order valence-corrected chi connectivity index (χ3v) is 6.69. The molecule has 1 heterocycles. The van der Waals surface area contributed by atoms with E-state index in [0.29, 0.717) is 12.8 Å². The molecule has 2 saturated carbocycles. The van der Waals surface area contributed by atoms with Crippen molar-refractivity contribution in [1.29, 1.82) is 0 Å². The van der Waals surface area contributed by atoms with Crippen LogP contribution in [0, 0.1) is 17.8 Å². The van der Waals surface area contributed by atoms with E-state index in [1.807, 2.05) is 4.13 Å². The quantitative estimate of drug-likeness (QED) is 0.663. The van der Waals surface area contributed by atoms with Crippen LogP contribution in [0.4, 0.5) is 13.2 Å². The molecule has 126 valence electrons. The molecule has 0 spiro atoms. The van der Waals surface area contributed by atoms with E-state index in [-0.39, 0.29) is 11.8 Å². The van der Waals surface area contributed by atoms with E-state index in [2.05, 4.69) is 4.18 Å². The molecule has 0 aromatic rings. The summed E-state index contributed by atoms with van der Waals surface area (Å²) in [6.45, 7) is 0. The predicted octanol–water partition coefficient (Wildman–Crippen LogP) is 0.421. The van der Waals surface area contributed by atoms with Gasteiger partial charge in [0.05, 0.1) is 5.92 Å². The lowest BCUT2D eigenvalue weighted by atomic mass is 9.88. The number of alkyl halides is 3. The van der Waals surface area contributed by atoms with Gasteiger partial charge in [0.25, 0.3) is 0 Å². The Kier molecular flexibility index (Phi) is 3.30. The minimum absolute atomic E-state index is 0.253. The molecule has 13 heteroatoms. The second-order valence-electron chi connectivity index (χ2n) is 5.39. The van der Waals surface area contributed by atoms with Gasteiger partial charge in [-0.25, -0.2) is 16.8 Å². The van der Waals surface area contributed by atoms with Crippen molar-refractivity contribution < 1.29 is 43.7 Å². The summed E-state index contributed by atoms with van der Waals surface area (Å²) in [5, 5.41) is 0. The highest BCUT2D eigenvalue weighted by atomic mass is 32.3. The lowest BCUT2D eigenvalue weighted by molar-refractivity contribution is -0.145. The van der Waals surface area contributed by atoms with Gasteiger partial charge in [0.15, 0.2) is 10.0 Å². The molecule has 0 radical (unpaired) electrons. The number of halogens is 3. The Morgan fingerprint density at radius 2 is 1.82 bits per heavy atom. The minimum Gasteiger partial charge on any atom is -0.459 e. The predicted molar refractivity (Wildman–Crippen MR) is 61.7 cm³/mol. The van der Waals surface area contributed by atoms with Crippen molar-refractivity contribution in [3.63, 3.8) is 0 Å². The summed E-state index contributed by atoms with van der Waals surface area (Å²) in [4.78, 5) is 11.5. The molecule has 5 unspecified atom stereocenters. The van der Waals surface area contributed by atoms with Crippen LogP contribution in [-0.4, -0.2) is 40.5 Å². The molecule has 8 nitrogen and oxygen atoms in total. The third kappa shape index (κ3) is 2.39. The minimum atomic E-state index is -6.23. The molecule has 2 bridgehead atoms. The second kappa shape index (κ2) is 4.55. The molecule has 0 amide bonds. The topological polar surface area (TPSA) is 118 Å². The maximum absolute atomic E-state index is 12.2. The molecule has 3 aliphatic rings. The van der Waals surface area contributed by atoms with Gasteiger partial charge >= 0.3 is 11.5 Å². The molecule has 3 fully saturated rings. The van der Waals surface area contributed by atoms with Gasteiger partial charge in [-0.05, 0) is 18.8 Å². The summed E-state index contributed by atoms with van der Waals surface area (Å²) in [5.41, 5.74) is -5.84. The number of rotatable bonds is 4. The van der Waals surface area contributed by atoms with E-state index in [1.165, 1.54) is 0 Å². The monoisotopic (exact) mass is 364 g/mol. The van der Waals surface area contributed by atoms with Crippen LogP contribution in [0.3, 0.4) is 0 Å². The van der Waals surface area contributed by atoms with Crippen molar-refractivity contribution in [2.75, 3.05) is 0 Å². The summed E-state index contributed by atoms with van der Waals surface area (Å²) in [7, 11) is -11.6. The smallest absolute Gasteiger partial charge is 0.459 e. The molecular formula is C9H9F3NO7S2-. The Bertz CT molecular complexity index is 716. The Labute approximate surface area is 123 Å². The highest BCUT2D eigenvalue weighted by Crippen LogP contribution is 2.55. The van der Waals surface area contributed by atoms with Gasteiger partial charge in [-0.1, -0.05) is 0 Å². The number of sulfonamides is 1. The largest absolute Gasteiger partial charge is 0.480 e. The molecule has 1 aliphatic heterocycles. The molecule has 3 rings (SSSR count). The fraction of sp³-hybridized carbons (Fsp3) is 0.889. The van der Waals surface area contributed by atoms with Crippen LogP contribution in [0.5, 0.6) is 0 Å². The Hall–Kier alpha value is -0.920. The molecule has 5 atom stereocenters. The molecule has 0 aromatic carbocycles. The standard InChI is InChI=1S/C9H9F3NO7S2/c10-9(11,12)21(15,16)13-22(17,18)20-6-3-1-4-5(2-3)8(14)19-7(4)6/h3-7H,1-2H2/q-1. The number of ether oxygens (including phenoxy) is 1. The van der Waals surface area contributed by atoms with Crippen molar-refractivity contribution in [3.05, 3.63) is 4.13 Å². The van der Waals surface area contributed by atoms with E-state index in [1.54, 1.807) is 0 Å². The lowest BCUT2D eigenvalue weighted by Gasteiger charge is -2.29. The van der Waals surface area contributed by atoms with E-state index in [4.69, 9.17) is 4.74 Å². The number of carbonyl (C=O) groups excluding carboxylic acids is 1. The summed E-state index contributed by atoms with van der Waals surface area (Å²) in [6.07, 6.45) is -1.36. The number of hydrogen-bond acceptors (Lipinski definition) is 7. The molecule has 22 heavy (non-hydrogen) atoms. The average molecular weight is 364 g/mol. The summed E-state index contributed by atoms with van der Waals surface area (Å²) >= 11 is 0. The van der Waals surface area contributed by atoms with E-state index >= 15 is 0 Å². The van der Waals surface area contributed by atoms with Gasteiger partial charge < -0.3 is 8.86 Å². The zero-order chi connectivity index (χ0) is 16.5. The zero-order valence-electron chi connectivity index (χ0n) is 10.6. The molecule has 2 aliphatic carbocycles. The molecule has 0 N–H and O–H groups in total. The van der Waals surface area contributed by atoms with Gasteiger partial charge in [-0.15, -0.1) is 0 Å². The highest BCUT2D eigenvalue weighted by Gasteiger charge is 2.63. The van der Waals surface area contributed by atoms with Gasteiger partial charge in [-0.3, -0.25) is 8.98 Å². The van der Waals surface area contributed by atoms with Gasteiger partial charge in [0.2, 0.25) is 10.3 Å². The van der Waals surface area contributed by atoms with Crippen molar-refractivity contribution in [2.45, 2.75) is 30.6 Å². The molecule has 1 saturated heterocycles. The maximum atomic E-state index is 12.2. The van der Waals surface area contributed by atoms with Gasteiger partial charge in [0.1, 0.15) is 12.2 Å². The Balaban J connectivity index is 1.75. The van der Waals surface area contributed by atoms with Crippen molar-refractivity contribution in [2.24, 2.45) is 17.8 Å². The number of carbonyl (C=O) groups is 1. The fourth-order valence-electron chi connectivity index (χ4n) is 3.35. The fourth-order valence-corrected chi connectivity index (χ4v) is 5.34. The van der Waals surface area contributed by atoms with E-state index < -0.39 is 49.9 Å². The number of hydrogen-bond donors (Lipinski definition) is 0. The van der Waals surface area contributed by atoms with Crippen LogP contribution in [0.15, 0.2) is 0 Å². The first-order valence-corrected chi connectivity index (χ1v) is 8.91. The van der Waals surface area contributed by atoms with Crippen molar-refractivity contribution in [3.8, 4) is 0 Å². The maximum Gasteiger partial charge on any atom is 0.480 e. The van der Waals surface area contributed by atoms with Crippen molar-refractivity contribution >= 4 is 26.3 Å². The summed E-state index contributed by atoms with van der Waals surface area (Å²) in [5.74, 6) is -1.50. The second-order valence-corrected chi connectivity index (χ2v) is 8.44. The zero-order valence-corrected chi connectivity index (χ0v) is 12.2. The number of esters is 1. The first-order valence-electron chi connectivity index (χ1n) is 6.10. The lowest BCUT2D eigenvalue weighted by Crippen LogP contribution is -2.36.